The molecule has 1 aromatic carbocycles. The summed E-state index contributed by atoms with van der Waals surface area (Å²) in [4.78, 5) is 11.6. The molecular weight excluding hydrogens is 491 g/mol. The number of carbonyl (C=O) groups is 1. The van der Waals surface area contributed by atoms with E-state index in [1.54, 1.807) is 6.08 Å². The molecular formula is C19H28Cl3O5SiTi. The minimum absolute atomic E-state index is 0.129. The third-order valence-electron chi connectivity index (χ3n) is 3.11. The van der Waals surface area contributed by atoms with E-state index in [1.807, 2.05) is 56.9 Å². The molecule has 0 spiro atoms. The average molecular weight is 519 g/mol. The van der Waals surface area contributed by atoms with Crippen molar-refractivity contribution in [1.82, 2.24) is 0 Å². The number of aliphatic hydroxyl groups excluding tert-OH is 1. The minimum atomic E-state index is -1.92. The zero-order valence-electron chi connectivity index (χ0n) is 17.2. The van der Waals surface area contributed by atoms with Crippen LogP contribution >= 0.6 is 27.9 Å². The van der Waals surface area contributed by atoms with Gasteiger partial charge in [0, 0.05) is 18.6 Å². The third-order valence-corrected chi connectivity index (χ3v) is 3.99. The molecule has 0 aliphatic rings. The normalized spacial score (nSPS) is 13.1. The van der Waals surface area contributed by atoms with Gasteiger partial charge in [-0.15, -0.1) is 0 Å². The van der Waals surface area contributed by atoms with Crippen LogP contribution < -0.4 is 0 Å². The van der Waals surface area contributed by atoms with Crippen molar-refractivity contribution in [2.45, 2.75) is 39.1 Å². The van der Waals surface area contributed by atoms with Gasteiger partial charge in [0.05, 0.1) is 25.0 Å². The van der Waals surface area contributed by atoms with Crippen LogP contribution in [0, 0.1) is 0 Å². The summed E-state index contributed by atoms with van der Waals surface area (Å²) >= 11 is -1.92. The number of benzene rings is 1. The van der Waals surface area contributed by atoms with Gasteiger partial charge in [0.2, 0.25) is 8.32 Å². The van der Waals surface area contributed by atoms with Gasteiger partial charge in [-0.1, -0.05) is 30.3 Å². The molecule has 5 nitrogen and oxygen atoms in total. The van der Waals surface area contributed by atoms with Crippen molar-refractivity contribution < 1.29 is 38.5 Å². The third kappa shape index (κ3) is 16.0. The molecule has 0 aliphatic heterocycles. The molecule has 0 amide bonds. The van der Waals surface area contributed by atoms with E-state index >= 15 is 0 Å². The zero-order valence-corrected chi connectivity index (χ0v) is 22.1. The SMILES string of the molecule is CCOC(/C=C(\O)c1ccccc1)C/C(=C/C(=O)OC)O[Si](C)(C)C.[Cl][Ti]([Cl])[Cl]. The predicted octanol–water partition coefficient (Wildman–Crippen LogP) is 6.36. The van der Waals surface area contributed by atoms with Gasteiger partial charge in [-0.2, -0.15) is 0 Å². The van der Waals surface area contributed by atoms with E-state index in [1.165, 1.54) is 13.2 Å². The Labute approximate surface area is 192 Å². The van der Waals surface area contributed by atoms with Gasteiger partial charge in [-0.3, -0.25) is 0 Å². The molecule has 1 aromatic rings. The van der Waals surface area contributed by atoms with E-state index < -0.39 is 35.1 Å². The number of halogens is 3. The molecule has 0 bridgehead atoms. The molecule has 1 unspecified atom stereocenters. The molecule has 0 saturated carbocycles. The van der Waals surface area contributed by atoms with E-state index in [4.69, 9.17) is 41.8 Å². The number of carbonyl (C=O) groups excluding carboxylic acids is 1. The summed E-state index contributed by atoms with van der Waals surface area (Å²) in [5, 5.41) is 10.3. The van der Waals surface area contributed by atoms with Crippen molar-refractivity contribution in [2.24, 2.45) is 0 Å². The van der Waals surface area contributed by atoms with Gasteiger partial charge < -0.3 is 19.0 Å². The van der Waals surface area contributed by atoms with Crippen molar-refractivity contribution in [2.75, 3.05) is 13.7 Å². The van der Waals surface area contributed by atoms with Gasteiger partial charge in [0.25, 0.3) is 0 Å². The van der Waals surface area contributed by atoms with Crippen LogP contribution in [0.25, 0.3) is 5.76 Å². The van der Waals surface area contributed by atoms with Crippen LogP contribution in [-0.4, -0.2) is 39.2 Å². The van der Waals surface area contributed by atoms with Crippen molar-refractivity contribution in [1.29, 1.82) is 0 Å². The van der Waals surface area contributed by atoms with E-state index in [0.717, 1.165) is 0 Å². The molecule has 1 atom stereocenters. The first-order valence-corrected chi connectivity index (χ1v) is 18.7. The van der Waals surface area contributed by atoms with Crippen molar-refractivity contribution in [3.63, 3.8) is 0 Å². The summed E-state index contributed by atoms with van der Waals surface area (Å²) < 4.78 is 16.4. The second-order valence-corrected chi connectivity index (χ2v) is 18.8. The monoisotopic (exact) mass is 517 g/mol. The van der Waals surface area contributed by atoms with Crippen molar-refractivity contribution in [3.8, 4) is 0 Å². The number of hydrogen-bond acceptors (Lipinski definition) is 5. The topological polar surface area (TPSA) is 65.0 Å². The van der Waals surface area contributed by atoms with Crippen LogP contribution in [0.3, 0.4) is 0 Å². The Morgan fingerprint density at radius 1 is 1.21 bits per heavy atom. The van der Waals surface area contributed by atoms with E-state index in [-0.39, 0.29) is 5.76 Å². The fraction of sp³-hybridized carbons (Fsp3) is 0.421. The number of rotatable bonds is 9. The Hall–Kier alpha value is -0.469. The first kappa shape index (κ1) is 28.5. The summed E-state index contributed by atoms with van der Waals surface area (Å²) in [7, 11) is 14.3. The summed E-state index contributed by atoms with van der Waals surface area (Å²) in [6.45, 7) is 8.45. The molecule has 163 valence electrons. The predicted molar refractivity (Wildman–Crippen MR) is 119 cm³/mol. The van der Waals surface area contributed by atoms with Crippen LogP contribution in [0.15, 0.2) is 48.2 Å². The summed E-state index contributed by atoms with van der Waals surface area (Å²) in [5.41, 5.74) is 0.705. The zero-order chi connectivity index (χ0) is 22.4. The molecule has 10 heteroatoms. The Morgan fingerprint density at radius 3 is 2.21 bits per heavy atom. The molecule has 0 fully saturated rings. The Morgan fingerprint density at radius 2 is 1.76 bits per heavy atom. The van der Waals surface area contributed by atoms with E-state index in [0.29, 0.717) is 24.4 Å². The fourth-order valence-corrected chi connectivity index (χ4v) is 3.10. The van der Waals surface area contributed by atoms with Crippen LogP contribution in [0.1, 0.15) is 18.9 Å². The molecule has 0 aromatic heterocycles. The molecule has 1 N–H and O–H groups in total. The number of esters is 1. The summed E-state index contributed by atoms with van der Waals surface area (Å²) in [6.07, 6.45) is 2.90. The maximum absolute atomic E-state index is 11.6. The van der Waals surface area contributed by atoms with E-state index in [9.17, 15) is 9.90 Å². The van der Waals surface area contributed by atoms with Crippen molar-refractivity contribution >= 4 is 48.0 Å². The van der Waals surface area contributed by atoms with Crippen LogP contribution in [0.5, 0.6) is 0 Å². The van der Waals surface area contributed by atoms with Crippen LogP contribution in [-0.2, 0) is 33.4 Å². The van der Waals surface area contributed by atoms with Crippen LogP contribution in [0.2, 0.25) is 19.6 Å². The molecule has 0 heterocycles. The molecule has 1 rings (SSSR count). The number of ether oxygens (including phenoxy) is 2. The molecule has 29 heavy (non-hydrogen) atoms. The quantitative estimate of drug-likeness (QED) is 0.178. The van der Waals surface area contributed by atoms with Gasteiger partial charge in [0.15, 0.2) is 0 Å². The van der Waals surface area contributed by atoms with Gasteiger partial charge >= 0.3 is 48.6 Å². The average Bonchev–Trinajstić information content (AvgIpc) is 2.60. The Balaban J connectivity index is 0.00000178. The fourth-order valence-electron chi connectivity index (χ4n) is 2.17. The molecule has 0 aliphatic carbocycles. The number of aliphatic hydroxyl groups is 1. The van der Waals surface area contributed by atoms with Gasteiger partial charge in [0.1, 0.15) is 5.76 Å². The summed E-state index contributed by atoms with van der Waals surface area (Å²) in [5.74, 6) is 0.158. The van der Waals surface area contributed by atoms with Gasteiger partial charge in [-0.05, 0) is 32.6 Å². The van der Waals surface area contributed by atoms with Crippen LogP contribution in [0.4, 0.5) is 0 Å². The standard InChI is InChI=1S/C19H28O5Si.3ClH.Ti/c1-6-23-16(13-18(20)15-10-8-7-9-11-15)12-17(14-19(21)22-2)24-25(3,4)5;;;;/h7-11,13-14,16,20H,6,12H2,1-5H3;3*1H;/q;;;;+3/p-3/b17-14-,18-13-;;;;. The molecule has 0 radical (unpaired) electrons. The Kier molecular flexibility index (Phi) is 15.1. The van der Waals surface area contributed by atoms with Crippen molar-refractivity contribution in [3.05, 3.63) is 53.8 Å². The second-order valence-electron chi connectivity index (χ2n) is 6.68. The number of hydrogen-bond donors (Lipinski definition) is 1. The maximum atomic E-state index is 11.6. The number of methoxy groups -OCH3 is 1. The second kappa shape index (κ2) is 15.4. The first-order valence-electron chi connectivity index (χ1n) is 8.87. The Bertz CT molecular complexity index is 661. The van der Waals surface area contributed by atoms with E-state index in [2.05, 4.69) is 0 Å². The summed E-state index contributed by atoms with van der Waals surface area (Å²) in [6, 6.07) is 9.23. The molecule has 0 saturated heterocycles. The first-order chi connectivity index (χ1) is 13.5. The van der Waals surface area contributed by atoms with Gasteiger partial charge in [-0.25, -0.2) is 4.79 Å².